The van der Waals surface area contributed by atoms with Crippen LogP contribution in [0.25, 0.3) is 0 Å². The van der Waals surface area contributed by atoms with Crippen molar-refractivity contribution in [3.8, 4) is 0 Å². The van der Waals surface area contributed by atoms with E-state index in [-0.39, 0.29) is 13.0 Å². The Morgan fingerprint density at radius 3 is 1.41 bits per heavy atom. The molecular weight excluding hydrogens is 766 g/mol. The lowest BCUT2D eigenvalue weighted by atomic mass is 10.0. The predicted molar refractivity (Wildman–Crippen MR) is 244 cm³/mol. The highest BCUT2D eigenvalue weighted by Gasteiger charge is 2.27. The van der Waals surface area contributed by atoms with Crippen molar-refractivity contribution in [1.82, 2.24) is 0 Å². The molecule has 0 amide bonds. The third kappa shape index (κ3) is 43.6. The first-order valence-corrected chi connectivity index (χ1v) is 24.8. The smallest absolute Gasteiger partial charge is 0.472 e. The van der Waals surface area contributed by atoms with Crippen molar-refractivity contribution in [3.05, 3.63) is 60.8 Å². The highest BCUT2D eigenvalue weighted by Crippen LogP contribution is 2.43. The maximum atomic E-state index is 12.6. The molecular formula is C48H86NO9P. The molecule has 0 rings (SSSR count). The van der Waals surface area contributed by atoms with Crippen LogP contribution in [0.5, 0.6) is 0 Å². The number of phosphoric acid groups is 1. The molecule has 10 nitrogen and oxygen atoms in total. The highest BCUT2D eigenvalue weighted by atomic mass is 31.2. The first-order valence-electron chi connectivity index (χ1n) is 23.3. The summed E-state index contributed by atoms with van der Waals surface area (Å²) in [5.41, 5.74) is 5.36. The molecule has 0 bridgehead atoms. The fourth-order valence-electron chi connectivity index (χ4n) is 6.23. The molecule has 0 aliphatic heterocycles. The maximum absolute atomic E-state index is 12.6. The average molecular weight is 852 g/mol. The lowest BCUT2D eigenvalue weighted by molar-refractivity contribution is -0.154. The Balaban J connectivity index is 4.26. The quantitative estimate of drug-likeness (QED) is 0.0233. The Bertz CT molecular complexity index is 1170. The molecule has 3 unspecified atom stereocenters. The summed E-state index contributed by atoms with van der Waals surface area (Å²) in [6.45, 7) is 3.71. The second-order valence-electron chi connectivity index (χ2n) is 15.5. The lowest BCUT2D eigenvalue weighted by Gasteiger charge is -2.20. The summed E-state index contributed by atoms with van der Waals surface area (Å²) in [7, 11) is -4.63. The standard InChI is InChI=1S/C48H86NO9P/c1-3-5-7-9-11-13-15-17-19-21-22-23-25-27-29-31-33-35-37-39-41-55-42-45(43-56-59(53,54)57-44-46(49)48(51)52)58-47(50)40-38-36-34-32-30-28-26-24-20-18-16-14-12-10-8-6-4-2/h6,8,12,14,18,20,26,28,32,34,45-46H,3-5,7,9-11,13,15-17,19,21-25,27,29-31,33,35-44,49H2,1-2H3,(H,51,52)(H,53,54)/b8-6-,14-12-,20-18-,28-26-,34-32-. The number of carboxylic acids is 1. The third-order valence-corrected chi connectivity index (χ3v) is 10.8. The van der Waals surface area contributed by atoms with E-state index in [1.807, 2.05) is 6.08 Å². The van der Waals surface area contributed by atoms with E-state index in [2.05, 4.69) is 68.5 Å². The fraction of sp³-hybridized carbons (Fsp3) is 0.750. The van der Waals surface area contributed by atoms with Gasteiger partial charge in [0.05, 0.1) is 19.8 Å². The first kappa shape index (κ1) is 56.7. The zero-order chi connectivity index (χ0) is 43.3. The number of ether oxygens (including phenoxy) is 2. The summed E-state index contributed by atoms with van der Waals surface area (Å²) in [6, 6.07) is -1.48. The second kappa shape index (κ2) is 43.7. The molecule has 0 radical (unpaired) electrons. The fourth-order valence-corrected chi connectivity index (χ4v) is 7.01. The Kier molecular flexibility index (Phi) is 42.0. The van der Waals surface area contributed by atoms with E-state index in [0.29, 0.717) is 19.4 Å². The van der Waals surface area contributed by atoms with Gasteiger partial charge in [-0.25, -0.2) is 4.57 Å². The number of esters is 1. The summed E-state index contributed by atoms with van der Waals surface area (Å²) in [6.07, 6.45) is 52.9. The third-order valence-electron chi connectivity index (χ3n) is 9.81. The molecule has 0 saturated heterocycles. The number of hydrogen-bond acceptors (Lipinski definition) is 8. The van der Waals surface area contributed by atoms with Crippen molar-refractivity contribution in [2.45, 2.75) is 206 Å². The van der Waals surface area contributed by atoms with Crippen LogP contribution in [0.3, 0.4) is 0 Å². The Hall–Kier alpha value is -2.33. The van der Waals surface area contributed by atoms with Crippen LogP contribution < -0.4 is 5.73 Å². The minimum atomic E-state index is -4.63. The van der Waals surface area contributed by atoms with Gasteiger partial charge in [0.25, 0.3) is 0 Å². The van der Waals surface area contributed by atoms with E-state index < -0.39 is 45.1 Å². The predicted octanol–water partition coefficient (Wildman–Crippen LogP) is 13.2. The Morgan fingerprint density at radius 2 is 0.966 bits per heavy atom. The van der Waals surface area contributed by atoms with Gasteiger partial charge in [-0.1, -0.05) is 197 Å². The summed E-state index contributed by atoms with van der Waals surface area (Å²) in [5.74, 6) is -1.84. The molecule has 59 heavy (non-hydrogen) atoms. The van der Waals surface area contributed by atoms with Crippen LogP contribution >= 0.6 is 7.82 Å². The molecule has 4 N–H and O–H groups in total. The molecule has 3 atom stereocenters. The largest absolute Gasteiger partial charge is 0.480 e. The SMILES string of the molecule is CC/C=C\C/C=C\C/C=C\C/C=C\C/C=C\CCCC(=O)OC(COCCCCCCCCCCCCCCCCCCCCCC)COP(=O)(O)OCC(N)C(=O)O. The monoisotopic (exact) mass is 852 g/mol. The Morgan fingerprint density at radius 1 is 0.559 bits per heavy atom. The number of allylic oxidation sites excluding steroid dienone is 10. The summed E-state index contributed by atoms with van der Waals surface area (Å²) < 4.78 is 33.4. The highest BCUT2D eigenvalue weighted by molar-refractivity contribution is 7.47. The molecule has 0 aromatic heterocycles. The zero-order valence-electron chi connectivity index (χ0n) is 37.3. The van der Waals surface area contributed by atoms with Crippen molar-refractivity contribution in [1.29, 1.82) is 0 Å². The molecule has 0 heterocycles. The van der Waals surface area contributed by atoms with Gasteiger partial charge < -0.3 is 25.2 Å². The summed E-state index contributed by atoms with van der Waals surface area (Å²) in [4.78, 5) is 33.6. The van der Waals surface area contributed by atoms with E-state index in [4.69, 9.17) is 29.4 Å². The number of carbonyl (C=O) groups excluding carboxylic acids is 1. The van der Waals surface area contributed by atoms with E-state index >= 15 is 0 Å². The van der Waals surface area contributed by atoms with Crippen LogP contribution in [0.4, 0.5) is 0 Å². The van der Waals surface area contributed by atoms with E-state index in [1.54, 1.807) is 0 Å². The van der Waals surface area contributed by atoms with Gasteiger partial charge in [0, 0.05) is 13.0 Å². The average Bonchev–Trinajstić information content (AvgIpc) is 3.21. The molecule has 342 valence electrons. The van der Waals surface area contributed by atoms with Crippen molar-refractivity contribution in [3.63, 3.8) is 0 Å². The number of carboxylic acid groups (broad SMARTS) is 1. The molecule has 0 fully saturated rings. The van der Waals surface area contributed by atoms with Gasteiger partial charge in [-0.05, 0) is 51.4 Å². The molecule has 0 aromatic carbocycles. The van der Waals surface area contributed by atoms with Crippen molar-refractivity contribution < 1.29 is 42.7 Å². The number of rotatable bonds is 44. The van der Waals surface area contributed by atoms with Crippen LogP contribution in [-0.2, 0) is 32.7 Å². The Labute approximate surface area is 360 Å². The van der Waals surface area contributed by atoms with Crippen LogP contribution in [0.15, 0.2) is 60.8 Å². The van der Waals surface area contributed by atoms with E-state index in [0.717, 1.165) is 51.4 Å². The minimum Gasteiger partial charge on any atom is -0.480 e. The molecule has 0 aliphatic carbocycles. The van der Waals surface area contributed by atoms with Gasteiger partial charge in [0.15, 0.2) is 0 Å². The number of hydrogen-bond donors (Lipinski definition) is 3. The van der Waals surface area contributed by atoms with Crippen LogP contribution in [0.2, 0.25) is 0 Å². The molecule has 0 spiro atoms. The molecule has 0 saturated carbocycles. The molecule has 11 heteroatoms. The van der Waals surface area contributed by atoms with Gasteiger partial charge in [0.2, 0.25) is 0 Å². The van der Waals surface area contributed by atoms with Crippen LogP contribution in [-0.4, -0.2) is 60.5 Å². The van der Waals surface area contributed by atoms with Crippen molar-refractivity contribution >= 4 is 19.8 Å². The normalized spacial score (nSPS) is 14.4. The second-order valence-corrected chi connectivity index (χ2v) is 17.0. The molecule has 0 aromatic rings. The lowest BCUT2D eigenvalue weighted by Crippen LogP contribution is -2.34. The van der Waals surface area contributed by atoms with Gasteiger partial charge >= 0.3 is 19.8 Å². The number of nitrogens with two attached hydrogens (primary N) is 1. The number of unbranched alkanes of at least 4 members (excludes halogenated alkanes) is 20. The summed E-state index contributed by atoms with van der Waals surface area (Å²) >= 11 is 0. The molecule has 0 aliphatic rings. The number of phosphoric ester groups is 1. The number of aliphatic carboxylic acids is 1. The minimum absolute atomic E-state index is 0.00568. The van der Waals surface area contributed by atoms with Gasteiger partial charge in [-0.15, -0.1) is 0 Å². The van der Waals surface area contributed by atoms with Gasteiger partial charge in [0.1, 0.15) is 12.1 Å². The zero-order valence-corrected chi connectivity index (χ0v) is 38.2. The van der Waals surface area contributed by atoms with E-state index in [1.165, 1.54) is 109 Å². The van der Waals surface area contributed by atoms with Crippen molar-refractivity contribution in [2.24, 2.45) is 5.73 Å². The van der Waals surface area contributed by atoms with Gasteiger partial charge in [-0.2, -0.15) is 0 Å². The van der Waals surface area contributed by atoms with Crippen LogP contribution in [0, 0.1) is 0 Å². The first-order chi connectivity index (χ1) is 28.7. The number of carbonyl (C=O) groups is 2. The topological polar surface area (TPSA) is 155 Å². The van der Waals surface area contributed by atoms with Crippen LogP contribution in [0.1, 0.15) is 194 Å². The van der Waals surface area contributed by atoms with Crippen molar-refractivity contribution in [2.75, 3.05) is 26.4 Å². The maximum Gasteiger partial charge on any atom is 0.472 e. The summed E-state index contributed by atoms with van der Waals surface area (Å²) in [5, 5.41) is 8.91. The van der Waals surface area contributed by atoms with E-state index in [9.17, 15) is 19.0 Å². The van der Waals surface area contributed by atoms with Gasteiger partial charge in [-0.3, -0.25) is 18.6 Å².